The molecule has 7 heteroatoms. The molecule has 0 aliphatic heterocycles. The molecule has 1 N–H and O–H groups in total. The van der Waals surface area contributed by atoms with Crippen molar-refractivity contribution in [1.29, 1.82) is 0 Å². The number of carbonyl (C=O) groups is 1. The quantitative estimate of drug-likeness (QED) is 0.355. The molecule has 3 heterocycles. The van der Waals surface area contributed by atoms with Gasteiger partial charge in [-0.3, -0.25) is 4.79 Å². The number of rotatable bonds is 6. The van der Waals surface area contributed by atoms with Gasteiger partial charge in [-0.25, -0.2) is 9.97 Å². The zero-order valence-electron chi connectivity index (χ0n) is 19.2. The highest BCUT2D eigenvalue weighted by Gasteiger charge is 2.15. The van der Waals surface area contributed by atoms with Gasteiger partial charge in [0.2, 0.25) is 5.89 Å². The van der Waals surface area contributed by atoms with Crippen LogP contribution >= 0.6 is 0 Å². The second-order valence-corrected chi connectivity index (χ2v) is 8.13. The number of benzene rings is 2. The number of carbonyl (C=O) groups excluding carboxylic acids is 1. The van der Waals surface area contributed by atoms with Gasteiger partial charge in [0.1, 0.15) is 23.8 Å². The average Bonchev–Trinajstić information content (AvgIpc) is 3.41. The van der Waals surface area contributed by atoms with Crippen LogP contribution in [0.4, 0.5) is 5.69 Å². The SMILES string of the molecule is Cc1nc(-c2cccc(NC(=O)c3ccccc3OCc3cn4cccc(C)c4n3)c2)oc1C. The van der Waals surface area contributed by atoms with Gasteiger partial charge < -0.3 is 18.9 Å². The minimum absolute atomic E-state index is 0.254. The number of nitrogens with zero attached hydrogens (tertiary/aromatic N) is 3. The fourth-order valence-corrected chi connectivity index (χ4v) is 3.73. The van der Waals surface area contributed by atoms with Gasteiger partial charge in [0.25, 0.3) is 5.91 Å². The molecule has 0 saturated carbocycles. The van der Waals surface area contributed by atoms with E-state index >= 15 is 0 Å². The number of aromatic nitrogens is 3. The van der Waals surface area contributed by atoms with Crippen LogP contribution in [0.2, 0.25) is 0 Å². The van der Waals surface area contributed by atoms with Crippen molar-refractivity contribution in [1.82, 2.24) is 14.4 Å². The summed E-state index contributed by atoms with van der Waals surface area (Å²) < 4.78 is 13.7. The third-order valence-corrected chi connectivity index (χ3v) is 5.63. The molecule has 170 valence electrons. The molecular formula is C27H24N4O3. The number of oxazole rings is 1. The van der Waals surface area contributed by atoms with E-state index in [1.54, 1.807) is 12.1 Å². The molecule has 0 spiro atoms. The van der Waals surface area contributed by atoms with Crippen LogP contribution in [-0.4, -0.2) is 20.3 Å². The molecule has 5 rings (SSSR count). The summed E-state index contributed by atoms with van der Waals surface area (Å²) in [6.07, 6.45) is 3.89. The van der Waals surface area contributed by atoms with Gasteiger partial charge in [0, 0.05) is 23.6 Å². The molecule has 0 unspecified atom stereocenters. The number of fused-ring (bicyclic) bond motifs is 1. The Labute approximate surface area is 197 Å². The maximum absolute atomic E-state index is 13.1. The fourth-order valence-electron chi connectivity index (χ4n) is 3.73. The number of aryl methyl sites for hydroxylation is 3. The predicted molar refractivity (Wildman–Crippen MR) is 130 cm³/mol. The lowest BCUT2D eigenvalue weighted by atomic mass is 10.1. The Morgan fingerprint density at radius 1 is 1.03 bits per heavy atom. The van der Waals surface area contributed by atoms with Crippen molar-refractivity contribution in [2.75, 3.05) is 5.32 Å². The molecule has 7 nitrogen and oxygen atoms in total. The van der Waals surface area contributed by atoms with Crippen molar-refractivity contribution >= 4 is 17.2 Å². The maximum atomic E-state index is 13.1. The molecule has 0 bridgehead atoms. The highest BCUT2D eigenvalue weighted by Crippen LogP contribution is 2.26. The number of para-hydroxylation sites is 1. The van der Waals surface area contributed by atoms with Crippen molar-refractivity contribution in [3.63, 3.8) is 0 Å². The van der Waals surface area contributed by atoms with Gasteiger partial charge in [-0.1, -0.05) is 24.3 Å². The number of pyridine rings is 1. The van der Waals surface area contributed by atoms with E-state index in [4.69, 9.17) is 9.15 Å². The predicted octanol–water partition coefficient (Wildman–Crippen LogP) is 5.75. The van der Waals surface area contributed by atoms with E-state index in [0.717, 1.165) is 33.9 Å². The van der Waals surface area contributed by atoms with E-state index in [-0.39, 0.29) is 12.5 Å². The number of hydrogen-bond acceptors (Lipinski definition) is 5. The second kappa shape index (κ2) is 8.86. The summed E-state index contributed by atoms with van der Waals surface area (Å²) >= 11 is 0. The van der Waals surface area contributed by atoms with E-state index in [1.165, 1.54) is 0 Å². The molecule has 34 heavy (non-hydrogen) atoms. The van der Waals surface area contributed by atoms with Gasteiger partial charge in [-0.15, -0.1) is 0 Å². The van der Waals surface area contributed by atoms with Gasteiger partial charge in [0.15, 0.2) is 0 Å². The van der Waals surface area contributed by atoms with Crippen LogP contribution in [0.25, 0.3) is 17.1 Å². The summed E-state index contributed by atoms with van der Waals surface area (Å²) in [4.78, 5) is 22.2. The monoisotopic (exact) mass is 452 g/mol. The van der Waals surface area contributed by atoms with Gasteiger partial charge in [-0.05, 0) is 62.7 Å². The maximum Gasteiger partial charge on any atom is 0.259 e. The summed E-state index contributed by atoms with van der Waals surface area (Å²) in [5.74, 6) is 1.52. The molecule has 2 aromatic carbocycles. The van der Waals surface area contributed by atoms with Crippen LogP contribution in [-0.2, 0) is 6.61 Å². The zero-order valence-corrected chi connectivity index (χ0v) is 19.2. The van der Waals surface area contributed by atoms with E-state index in [9.17, 15) is 4.79 Å². The lowest BCUT2D eigenvalue weighted by molar-refractivity contribution is 0.102. The van der Waals surface area contributed by atoms with Crippen molar-refractivity contribution in [2.45, 2.75) is 27.4 Å². The Bertz CT molecular complexity index is 1480. The first-order valence-electron chi connectivity index (χ1n) is 11.0. The lowest BCUT2D eigenvalue weighted by Gasteiger charge is -2.11. The van der Waals surface area contributed by atoms with Gasteiger partial charge >= 0.3 is 0 Å². The van der Waals surface area contributed by atoms with Crippen molar-refractivity contribution < 1.29 is 13.9 Å². The van der Waals surface area contributed by atoms with Crippen molar-refractivity contribution in [3.05, 3.63) is 101 Å². The number of nitrogens with one attached hydrogen (secondary N) is 1. The third-order valence-electron chi connectivity index (χ3n) is 5.63. The van der Waals surface area contributed by atoms with E-state index < -0.39 is 0 Å². The van der Waals surface area contributed by atoms with Crippen LogP contribution in [0.3, 0.4) is 0 Å². The minimum Gasteiger partial charge on any atom is -0.486 e. The molecule has 0 atom stereocenters. The standard InChI is InChI=1S/C27H24N4O3/c1-17-8-7-13-31-15-22(29-25(17)31)16-33-24-12-5-4-11-23(24)26(32)30-21-10-6-9-20(14-21)27-28-18(2)19(3)34-27/h4-15H,16H2,1-3H3,(H,30,32). The first-order valence-corrected chi connectivity index (χ1v) is 11.0. The van der Waals surface area contributed by atoms with Crippen LogP contribution in [0.15, 0.2) is 77.5 Å². The third kappa shape index (κ3) is 4.28. The molecule has 1 amide bonds. The highest BCUT2D eigenvalue weighted by molar-refractivity contribution is 6.06. The second-order valence-electron chi connectivity index (χ2n) is 8.13. The highest BCUT2D eigenvalue weighted by atomic mass is 16.5. The summed E-state index contributed by atoms with van der Waals surface area (Å²) in [7, 11) is 0. The van der Waals surface area contributed by atoms with Crippen molar-refractivity contribution in [3.8, 4) is 17.2 Å². The molecule has 0 fully saturated rings. The van der Waals surface area contributed by atoms with Crippen LogP contribution < -0.4 is 10.1 Å². The lowest BCUT2D eigenvalue weighted by Crippen LogP contribution is -2.13. The van der Waals surface area contributed by atoms with Crippen LogP contribution in [0, 0.1) is 20.8 Å². The molecule has 3 aromatic heterocycles. The first-order chi connectivity index (χ1) is 16.5. The Morgan fingerprint density at radius 2 is 1.88 bits per heavy atom. The topological polar surface area (TPSA) is 81.7 Å². The van der Waals surface area contributed by atoms with Crippen molar-refractivity contribution in [2.24, 2.45) is 0 Å². The number of ether oxygens (including phenoxy) is 1. The van der Waals surface area contributed by atoms with Gasteiger partial charge in [-0.2, -0.15) is 0 Å². The summed E-state index contributed by atoms with van der Waals surface area (Å²) in [6.45, 7) is 6.05. The number of amides is 1. The molecule has 0 radical (unpaired) electrons. The van der Waals surface area contributed by atoms with Crippen LogP contribution in [0.5, 0.6) is 5.75 Å². The molecule has 0 aliphatic rings. The van der Waals surface area contributed by atoms with Crippen LogP contribution in [0.1, 0.15) is 33.1 Å². The normalized spacial score (nSPS) is 11.0. The molecule has 0 saturated heterocycles. The Hall–Kier alpha value is -4.39. The minimum atomic E-state index is -0.265. The summed E-state index contributed by atoms with van der Waals surface area (Å²) in [5.41, 5.74) is 5.48. The zero-order chi connectivity index (χ0) is 23.7. The molecule has 5 aromatic rings. The largest absolute Gasteiger partial charge is 0.486 e. The summed E-state index contributed by atoms with van der Waals surface area (Å²) in [6, 6.07) is 18.6. The van der Waals surface area contributed by atoms with E-state index in [1.807, 2.05) is 86.1 Å². The van der Waals surface area contributed by atoms with Gasteiger partial charge in [0.05, 0.1) is 17.0 Å². The smallest absolute Gasteiger partial charge is 0.259 e. The fraction of sp³-hybridized carbons (Fsp3) is 0.148. The average molecular weight is 453 g/mol. The Balaban J connectivity index is 1.33. The molecule has 0 aliphatic carbocycles. The number of hydrogen-bond donors (Lipinski definition) is 1. The number of anilines is 1. The van der Waals surface area contributed by atoms with E-state index in [2.05, 4.69) is 15.3 Å². The Kier molecular flexibility index (Phi) is 5.59. The number of imidazole rings is 1. The Morgan fingerprint density at radius 3 is 2.68 bits per heavy atom. The van der Waals surface area contributed by atoms with E-state index in [0.29, 0.717) is 22.9 Å². The first kappa shape index (κ1) is 21.5. The summed E-state index contributed by atoms with van der Waals surface area (Å²) in [5, 5.41) is 2.95. The molecular weight excluding hydrogens is 428 g/mol.